The van der Waals surface area contributed by atoms with Gasteiger partial charge in [0.25, 0.3) is 11.8 Å². The second kappa shape index (κ2) is 11.3. The third-order valence-corrected chi connectivity index (χ3v) is 4.46. The lowest BCUT2D eigenvalue weighted by atomic mass is 9.99. The summed E-state index contributed by atoms with van der Waals surface area (Å²) in [6.07, 6.45) is -1.23. The van der Waals surface area contributed by atoms with E-state index in [1.54, 1.807) is 60.7 Å². The maximum atomic E-state index is 12.6. The molecule has 0 saturated heterocycles. The third-order valence-electron chi connectivity index (χ3n) is 4.46. The number of nitrogens with zero attached hydrogens (tertiary/aromatic N) is 1. The maximum absolute atomic E-state index is 12.6. The Labute approximate surface area is 174 Å². The van der Waals surface area contributed by atoms with Crippen molar-refractivity contribution >= 4 is 17.8 Å². The van der Waals surface area contributed by atoms with E-state index in [9.17, 15) is 24.6 Å². The van der Waals surface area contributed by atoms with Gasteiger partial charge in [0.05, 0.1) is 12.1 Å². The predicted molar refractivity (Wildman–Crippen MR) is 108 cm³/mol. The van der Waals surface area contributed by atoms with Crippen LogP contribution in [0.25, 0.3) is 0 Å². The summed E-state index contributed by atoms with van der Waals surface area (Å²) in [4.78, 5) is 36.6. The van der Waals surface area contributed by atoms with Crippen molar-refractivity contribution in [3.05, 3.63) is 71.8 Å². The van der Waals surface area contributed by atoms with Gasteiger partial charge in [0, 0.05) is 12.0 Å². The molecule has 0 radical (unpaired) electrons. The Bertz CT molecular complexity index is 896. The molecule has 0 aliphatic rings. The Morgan fingerprint density at radius 2 is 1.57 bits per heavy atom. The molecule has 0 bridgehead atoms. The van der Waals surface area contributed by atoms with E-state index in [0.717, 1.165) is 0 Å². The molecule has 8 heteroatoms. The average Bonchev–Trinajstić information content (AvgIpc) is 2.77. The largest absolute Gasteiger partial charge is 0.480 e. The number of hydrogen-bond donors (Lipinski definition) is 4. The van der Waals surface area contributed by atoms with Crippen molar-refractivity contribution in [1.82, 2.24) is 10.6 Å². The highest BCUT2D eigenvalue weighted by Gasteiger charge is 2.32. The van der Waals surface area contributed by atoms with Gasteiger partial charge in [-0.1, -0.05) is 48.5 Å². The fourth-order valence-corrected chi connectivity index (χ4v) is 2.87. The summed E-state index contributed by atoms with van der Waals surface area (Å²) in [6, 6.07) is 16.3. The molecule has 0 aliphatic carbocycles. The minimum Gasteiger partial charge on any atom is -0.480 e. The third kappa shape index (κ3) is 6.43. The summed E-state index contributed by atoms with van der Waals surface area (Å²) in [6.45, 7) is 0. The number of hydrogen-bond acceptors (Lipinski definition) is 5. The van der Waals surface area contributed by atoms with Crippen LogP contribution >= 0.6 is 0 Å². The van der Waals surface area contributed by atoms with E-state index in [-0.39, 0.29) is 19.3 Å². The van der Waals surface area contributed by atoms with Gasteiger partial charge in [0.15, 0.2) is 6.10 Å². The lowest BCUT2D eigenvalue weighted by Gasteiger charge is -2.25. The highest BCUT2D eigenvalue weighted by molar-refractivity contribution is 5.95. The molecule has 30 heavy (non-hydrogen) atoms. The molecule has 2 aromatic carbocycles. The smallest absolute Gasteiger partial charge is 0.326 e. The second-order valence-electron chi connectivity index (χ2n) is 6.62. The number of amides is 2. The number of nitrogens with one attached hydrogen (secondary N) is 2. The SMILES string of the molecule is N#CCCC[C@@H](NC(=O)[C@H](O)[C@@H](NC(=O)c1ccccc1)c1ccccc1)C(=O)O. The van der Waals surface area contributed by atoms with E-state index in [4.69, 9.17) is 5.26 Å². The normalized spacial score (nSPS) is 13.3. The quantitative estimate of drug-likeness (QED) is 0.441. The molecule has 0 fully saturated rings. The van der Waals surface area contributed by atoms with Gasteiger partial charge in [-0.25, -0.2) is 4.79 Å². The van der Waals surface area contributed by atoms with Crippen LogP contribution in [0.5, 0.6) is 0 Å². The van der Waals surface area contributed by atoms with Gasteiger partial charge in [0.2, 0.25) is 0 Å². The van der Waals surface area contributed by atoms with Crippen LogP contribution in [0, 0.1) is 11.3 Å². The number of unbranched alkanes of at least 4 members (excludes halogenated alkanes) is 1. The number of aliphatic hydroxyl groups excluding tert-OH is 1. The summed E-state index contributed by atoms with van der Waals surface area (Å²) in [5, 5.41) is 33.5. The highest BCUT2D eigenvalue weighted by atomic mass is 16.4. The zero-order chi connectivity index (χ0) is 21.9. The molecular weight excluding hydrogens is 386 g/mol. The van der Waals surface area contributed by atoms with Gasteiger partial charge in [-0.3, -0.25) is 9.59 Å². The van der Waals surface area contributed by atoms with Gasteiger partial charge in [-0.05, 0) is 30.5 Å². The number of rotatable bonds is 10. The van der Waals surface area contributed by atoms with Crippen LogP contribution < -0.4 is 10.6 Å². The molecular formula is C22H23N3O5. The molecule has 2 aromatic rings. The number of carbonyl (C=O) groups is 3. The first-order valence-electron chi connectivity index (χ1n) is 9.43. The predicted octanol–water partition coefficient (Wildman–Crippen LogP) is 1.78. The van der Waals surface area contributed by atoms with Crippen molar-refractivity contribution in [2.45, 2.75) is 37.5 Å². The van der Waals surface area contributed by atoms with E-state index in [1.807, 2.05) is 6.07 Å². The lowest BCUT2D eigenvalue weighted by Crippen LogP contribution is -2.50. The molecule has 2 amide bonds. The number of carboxylic acids is 1. The Morgan fingerprint density at radius 3 is 2.13 bits per heavy atom. The van der Waals surface area contributed by atoms with Crippen molar-refractivity contribution in [3.63, 3.8) is 0 Å². The van der Waals surface area contributed by atoms with Crippen LogP contribution in [0.3, 0.4) is 0 Å². The number of nitriles is 1. The van der Waals surface area contributed by atoms with E-state index in [1.165, 1.54) is 0 Å². The monoisotopic (exact) mass is 409 g/mol. The zero-order valence-electron chi connectivity index (χ0n) is 16.2. The number of aliphatic carboxylic acids is 1. The molecule has 0 aliphatic heterocycles. The Hall–Kier alpha value is -3.70. The summed E-state index contributed by atoms with van der Waals surface area (Å²) in [5.41, 5.74) is 0.840. The molecule has 0 unspecified atom stereocenters. The van der Waals surface area contributed by atoms with E-state index >= 15 is 0 Å². The topological polar surface area (TPSA) is 140 Å². The Morgan fingerprint density at radius 1 is 0.967 bits per heavy atom. The summed E-state index contributed by atoms with van der Waals surface area (Å²) in [7, 11) is 0. The fraction of sp³-hybridized carbons (Fsp3) is 0.273. The highest BCUT2D eigenvalue weighted by Crippen LogP contribution is 2.19. The summed E-state index contributed by atoms with van der Waals surface area (Å²) >= 11 is 0. The molecule has 0 heterocycles. The fourth-order valence-electron chi connectivity index (χ4n) is 2.87. The molecule has 0 aromatic heterocycles. The number of carboxylic acid groups (broad SMARTS) is 1. The van der Waals surface area contributed by atoms with Gasteiger partial charge in [0.1, 0.15) is 6.04 Å². The molecule has 0 saturated carbocycles. The zero-order valence-corrected chi connectivity index (χ0v) is 16.2. The van der Waals surface area contributed by atoms with Crippen LogP contribution in [0.1, 0.15) is 41.2 Å². The summed E-state index contributed by atoms with van der Waals surface area (Å²) in [5.74, 6) is -2.68. The molecule has 156 valence electrons. The van der Waals surface area contributed by atoms with Crippen molar-refractivity contribution in [1.29, 1.82) is 5.26 Å². The van der Waals surface area contributed by atoms with Gasteiger partial charge in [-0.2, -0.15) is 5.26 Å². The molecule has 3 atom stereocenters. The first kappa shape index (κ1) is 22.6. The average molecular weight is 409 g/mol. The Kier molecular flexibility index (Phi) is 8.54. The number of aliphatic hydroxyl groups is 1. The van der Waals surface area contributed by atoms with Crippen molar-refractivity contribution in [2.75, 3.05) is 0 Å². The van der Waals surface area contributed by atoms with Crippen LogP contribution in [0.4, 0.5) is 0 Å². The first-order valence-corrected chi connectivity index (χ1v) is 9.43. The van der Waals surface area contributed by atoms with Crippen LogP contribution in [0.2, 0.25) is 0 Å². The van der Waals surface area contributed by atoms with Crippen LogP contribution in [0.15, 0.2) is 60.7 Å². The van der Waals surface area contributed by atoms with Crippen LogP contribution in [-0.4, -0.2) is 40.1 Å². The number of benzene rings is 2. The van der Waals surface area contributed by atoms with Gasteiger partial charge < -0.3 is 20.8 Å². The lowest BCUT2D eigenvalue weighted by molar-refractivity contribution is -0.144. The standard InChI is InChI=1S/C22H23N3O5/c23-14-8-7-13-17(22(29)30)24-21(28)19(26)18(15-9-3-1-4-10-15)25-20(27)16-11-5-2-6-12-16/h1-6,9-12,17-19,26H,7-8,13H2,(H,24,28)(H,25,27)(H,29,30)/t17-,18+,19-/m1/s1. The molecule has 0 spiro atoms. The number of carbonyl (C=O) groups excluding carboxylic acids is 2. The van der Waals surface area contributed by atoms with Crippen molar-refractivity contribution in [2.24, 2.45) is 0 Å². The Balaban J connectivity index is 2.18. The van der Waals surface area contributed by atoms with Crippen LogP contribution in [-0.2, 0) is 9.59 Å². The first-order chi connectivity index (χ1) is 14.4. The van der Waals surface area contributed by atoms with E-state index in [0.29, 0.717) is 11.1 Å². The van der Waals surface area contributed by atoms with Crippen molar-refractivity contribution in [3.8, 4) is 6.07 Å². The molecule has 4 N–H and O–H groups in total. The van der Waals surface area contributed by atoms with E-state index < -0.39 is 36.0 Å². The maximum Gasteiger partial charge on any atom is 0.326 e. The van der Waals surface area contributed by atoms with Gasteiger partial charge >= 0.3 is 5.97 Å². The minimum atomic E-state index is -1.72. The molecule has 8 nitrogen and oxygen atoms in total. The van der Waals surface area contributed by atoms with E-state index in [2.05, 4.69) is 10.6 Å². The van der Waals surface area contributed by atoms with Crippen molar-refractivity contribution < 1.29 is 24.6 Å². The second-order valence-corrected chi connectivity index (χ2v) is 6.62. The van der Waals surface area contributed by atoms with Gasteiger partial charge in [-0.15, -0.1) is 0 Å². The minimum absolute atomic E-state index is 0.0493. The summed E-state index contributed by atoms with van der Waals surface area (Å²) < 4.78 is 0. The molecule has 2 rings (SSSR count).